The normalized spacial score (nSPS) is 0. The molecule has 0 aliphatic carbocycles. The van der Waals surface area contributed by atoms with Gasteiger partial charge in [-0.2, -0.15) is 13.5 Å². The minimum absolute atomic E-state index is 0. The zero-order valence-corrected chi connectivity index (χ0v) is 11.4. The van der Waals surface area contributed by atoms with Crippen molar-refractivity contribution < 1.29 is 73.2 Å². The Labute approximate surface area is 108 Å². The molecule has 0 N–H and O–H groups in total. The minimum atomic E-state index is 0. The average Bonchev–Trinajstić information content (AvgIpc) is 0. The van der Waals surface area contributed by atoms with E-state index < -0.39 is 0 Å². The molecule has 0 fully saturated rings. The van der Waals surface area contributed by atoms with Gasteiger partial charge in [-0.15, -0.1) is 0 Å². The van der Waals surface area contributed by atoms with Crippen molar-refractivity contribution in [3.8, 4) is 0 Å². The molecule has 0 saturated heterocycles. The topological polar surface area (TPSA) is 0 Å². The molecule has 0 aromatic heterocycles. The molecule has 0 heterocycles. The third-order valence-electron chi connectivity index (χ3n) is 0. The minimum Gasteiger partial charge on any atom is -1.00 e. The quantitative estimate of drug-likeness (QED) is 0.551. The van der Waals surface area contributed by atoms with Crippen LogP contribution < -0.4 is 0 Å². The summed E-state index contributed by atoms with van der Waals surface area (Å²) in [4.78, 5) is 0. The summed E-state index contributed by atoms with van der Waals surface area (Å²) < 4.78 is 0. The molecular weight excluding hydrogens is 300 g/mol. The molecule has 6 heteroatoms. The first kappa shape index (κ1) is 59.1. The van der Waals surface area contributed by atoms with E-state index in [1.807, 2.05) is 0 Å². The van der Waals surface area contributed by atoms with E-state index in [4.69, 9.17) is 0 Å². The van der Waals surface area contributed by atoms with E-state index in [-0.39, 0.29) is 110 Å². The molecule has 0 saturated carbocycles. The molecule has 0 nitrogen and oxygen atoms in total. The summed E-state index contributed by atoms with van der Waals surface area (Å²) in [6.07, 6.45) is 0. The van der Waals surface area contributed by atoms with E-state index in [1.54, 1.807) is 0 Å². The maximum absolute atomic E-state index is 0. The van der Waals surface area contributed by atoms with Crippen LogP contribution in [0.25, 0.3) is 0 Å². The smallest absolute Gasteiger partial charge is 1.00 e. The molecule has 0 spiro atoms. The summed E-state index contributed by atoms with van der Waals surface area (Å²) in [5, 5.41) is 0. The van der Waals surface area contributed by atoms with Gasteiger partial charge in [-0.25, -0.2) is 0 Å². The van der Waals surface area contributed by atoms with Crippen LogP contribution in [0.3, 0.4) is 0 Å². The zero-order valence-electron chi connectivity index (χ0n) is 4.90. The molecular formula is H4CoCuFeMgSZn. The maximum atomic E-state index is 0. The third kappa shape index (κ3) is 26.7. The zero-order chi connectivity index (χ0) is 0. The van der Waals surface area contributed by atoms with Crippen molar-refractivity contribution >= 4 is 36.5 Å². The maximum Gasteiger partial charge on any atom is 2.00 e. The second-order valence-corrected chi connectivity index (χ2v) is 0. The second-order valence-electron chi connectivity index (χ2n) is 0. The van der Waals surface area contributed by atoms with Crippen LogP contribution in [0.5, 0.6) is 0 Å². The number of hydrogen-bond donors (Lipinski definition) is 0. The predicted molar refractivity (Wildman–Crippen MR) is 18.4 cm³/mol. The SMILES string of the molecule is S.[Co].[Cu].[Fe].[H-].[H-].[Mg+2].[Zn]. The Morgan fingerprint density at radius 1 is 1.17 bits per heavy atom. The summed E-state index contributed by atoms with van der Waals surface area (Å²) in [7, 11) is 0. The first-order valence-electron chi connectivity index (χ1n) is 0. The number of hydrogen-bond acceptors (Lipinski definition) is 0. The molecule has 0 rings (SSSR count). The van der Waals surface area contributed by atoms with Gasteiger partial charge in [0, 0.05) is 70.4 Å². The van der Waals surface area contributed by atoms with Crippen LogP contribution in [-0.2, 0) is 70.4 Å². The Morgan fingerprint density at radius 3 is 1.17 bits per heavy atom. The van der Waals surface area contributed by atoms with Gasteiger partial charge in [-0.1, -0.05) is 0 Å². The Hall–Kier alpha value is 3.29. The standard InChI is InChI=1S/Co.Cu.Fe.Mg.H2S.Zn.2H/h;;;;1H2;;;/q;;;+2;;;2*-1. The fourth-order valence-electron chi connectivity index (χ4n) is 0. The van der Waals surface area contributed by atoms with Crippen molar-refractivity contribution in [1.29, 1.82) is 0 Å². The average molecular weight is 304 g/mol. The van der Waals surface area contributed by atoms with Gasteiger partial charge in [0.15, 0.2) is 0 Å². The molecule has 2 radical (unpaired) electrons. The van der Waals surface area contributed by atoms with Gasteiger partial charge in [-0.3, -0.25) is 0 Å². The first-order valence-corrected chi connectivity index (χ1v) is 0. The summed E-state index contributed by atoms with van der Waals surface area (Å²) >= 11 is 0. The van der Waals surface area contributed by atoms with E-state index in [0.29, 0.717) is 0 Å². The van der Waals surface area contributed by atoms with E-state index in [9.17, 15) is 0 Å². The Bertz CT molecular complexity index is 22.0. The van der Waals surface area contributed by atoms with Crippen molar-refractivity contribution in [2.75, 3.05) is 0 Å². The molecule has 6 heavy (non-hydrogen) atoms. The van der Waals surface area contributed by atoms with Crippen molar-refractivity contribution in [2.45, 2.75) is 0 Å². The third-order valence-corrected chi connectivity index (χ3v) is 0. The fourth-order valence-corrected chi connectivity index (χ4v) is 0. The van der Waals surface area contributed by atoms with Crippen molar-refractivity contribution in [2.24, 2.45) is 0 Å². The van der Waals surface area contributed by atoms with Gasteiger partial charge in [-0.05, 0) is 0 Å². The van der Waals surface area contributed by atoms with Gasteiger partial charge in [0.05, 0.1) is 0 Å². The van der Waals surface area contributed by atoms with E-state index in [2.05, 4.69) is 0 Å². The fraction of sp³-hybridized carbons (Fsp3) is 0. The Kier molecular flexibility index (Phi) is 401. The molecule has 0 amide bonds. The van der Waals surface area contributed by atoms with Gasteiger partial charge in [0.2, 0.25) is 0 Å². The Balaban J connectivity index is 0. The molecule has 42 valence electrons. The van der Waals surface area contributed by atoms with Crippen LogP contribution in [-0.4, -0.2) is 23.1 Å². The van der Waals surface area contributed by atoms with Gasteiger partial charge < -0.3 is 2.85 Å². The Morgan fingerprint density at radius 2 is 1.17 bits per heavy atom. The van der Waals surface area contributed by atoms with Crippen LogP contribution in [0.4, 0.5) is 0 Å². The van der Waals surface area contributed by atoms with Gasteiger partial charge in [0.25, 0.3) is 0 Å². The molecule has 0 aliphatic heterocycles. The van der Waals surface area contributed by atoms with Crippen LogP contribution in [0.1, 0.15) is 2.85 Å². The molecule has 0 aromatic rings. The largest absolute Gasteiger partial charge is 2.00 e. The van der Waals surface area contributed by atoms with Crippen molar-refractivity contribution in [3.05, 3.63) is 0 Å². The van der Waals surface area contributed by atoms with Crippen LogP contribution in [0, 0.1) is 0 Å². The van der Waals surface area contributed by atoms with Crippen LogP contribution >= 0.6 is 13.5 Å². The molecule has 0 aliphatic rings. The number of rotatable bonds is 0. The first-order chi connectivity index (χ1) is 0. The summed E-state index contributed by atoms with van der Waals surface area (Å²) in [5.41, 5.74) is 0. The van der Waals surface area contributed by atoms with Crippen LogP contribution in [0.15, 0.2) is 0 Å². The molecule has 0 aromatic carbocycles. The molecule has 0 atom stereocenters. The van der Waals surface area contributed by atoms with Crippen LogP contribution in [0.2, 0.25) is 0 Å². The van der Waals surface area contributed by atoms with Gasteiger partial charge >= 0.3 is 23.1 Å². The van der Waals surface area contributed by atoms with E-state index in [0.717, 1.165) is 0 Å². The summed E-state index contributed by atoms with van der Waals surface area (Å²) in [6.45, 7) is 0. The molecule has 0 unspecified atom stereocenters. The predicted octanol–water partition coefficient (Wildman–Crippen LogP) is -0.0530. The van der Waals surface area contributed by atoms with E-state index >= 15 is 0 Å². The second kappa shape index (κ2) is 40.7. The molecule has 0 bridgehead atoms. The summed E-state index contributed by atoms with van der Waals surface area (Å²) in [6, 6.07) is 0. The monoisotopic (exact) mass is 302 g/mol. The summed E-state index contributed by atoms with van der Waals surface area (Å²) in [5.74, 6) is 0. The van der Waals surface area contributed by atoms with Crippen molar-refractivity contribution in [3.63, 3.8) is 0 Å². The van der Waals surface area contributed by atoms with Crippen molar-refractivity contribution in [1.82, 2.24) is 0 Å². The van der Waals surface area contributed by atoms with E-state index in [1.165, 1.54) is 0 Å². The van der Waals surface area contributed by atoms with Gasteiger partial charge in [0.1, 0.15) is 0 Å².